The predicted octanol–water partition coefficient (Wildman–Crippen LogP) is 1.31. The lowest BCUT2D eigenvalue weighted by molar-refractivity contribution is -0.149. The Morgan fingerprint density at radius 2 is 1.81 bits per heavy atom. The molecule has 0 bridgehead atoms. The van der Waals surface area contributed by atoms with Crippen molar-refractivity contribution in [1.29, 1.82) is 0 Å². The second-order valence-electron chi connectivity index (χ2n) is 5.68. The molecule has 0 spiro atoms. The van der Waals surface area contributed by atoms with Crippen LogP contribution in [-0.2, 0) is 11.3 Å². The Kier molecular flexibility index (Phi) is 4.63. The van der Waals surface area contributed by atoms with Crippen molar-refractivity contribution in [3.05, 3.63) is 35.4 Å². The van der Waals surface area contributed by atoms with Gasteiger partial charge in [-0.2, -0.15) is 0 Å². The van der Waals surface area contributed by atoms with Crippen LogP contribution in [0.3, 0.4) is 0 Å². The van der Waals surface area contributed by atoms with Gasteiger partial charge in [0.25, 0.3) is 11.8 Å². The molecule has 5 nitrogen and oxygen atoms in total. The molecule has 0 heterocycles. The average molecular weight is 290 g/mol. The maximum absolute atomic E-state index is 12.3. The summed E-state index contributed by atoms with van der Waals surface area (Å²) in [7, 11) is 3.29. The third-order valence-corrected chi connectivity index (χ3v) is 4.04. The normalized spacial score (nSPS) is 16.5. The second-order valence-corrected chi connectivity index (χ2v) is 5.68. The highest BCUT2D eigenvalue weighted by atomic mass is 16.3. The number of hydrogen-bond donors (Lipinski definition) is 2. The van der Waals surface area contributed by atoms with Crippen molar-refractivity contribution in [2.45, 2.75) is 37.8 Å². The van der Waals surface area contributed by atoms with E-state index < -0.39 is 5.60 Å². The first-order valence-corrected chi connectivity index (χ1v) is 7.25. The summed E-state index contributed by atoms with van der Waals surface area (Å²) in [6.45, 7) is 0.426. The van der Waals surface area contributed by atoms with Gasteiger partial charge in [-0.1, -0.05) is 12.1 Å². The molecule has 0 saturated heterocycles. The summed E-state index contributed by atoms with van der Waals surface area (Å²) >= 11 is 0. The highest BCUT2D eigenvalue weighted by Gasteiger charge is 2.40. The average Bonchev–Trinajstić information content (AvgIpc) is 2.94. The molecule has 1 saturated carbocycles. The van der Waals surface area contributed by atoms with Gasteiger partial charge in [0.05, 0.1) is 0 Å². The Morgan fingerprint density at radius 3 is 2.33 bits per heavy atom. The fourth-order valence-corrected chi connectivity index (χ4v) is 2.78. The summed E-state index contributed by atoms with van der Waals surface area (Å²) in [5.41, 5.74) is 0.335. The predicted molar refractivity (Wildman–Crippen MR) is 79.7 cm³/mol. The van der Waals surface area contributed by atoms with Crippen molar-refractivity contribution in [1.82, 2.24) is 10.2 Å². The molecule has 1 aromatic rings. The van der Waals surface area contributed by atoms with E-state index in [0.29, 0.717) is 24.9 Å². The zero-order valence-electron chi connectivity index (χ0n) is 12.6. The molecule has 21 heavy (non-hydrogen) atoms. The number of likely N-dealkylation sites (N-methyl/N-ethyl adjacent to an activating group) is 1. The molecule has 1 fully saturated rings. The van der Waals surface area contributed by atoms with Gasteiger partial charge in [0.15, 0.2) is 0 Å². The van der Waals surface area contributed by atoms with Gasteiger partial charge >= 0.3 is 0 Å². The van der Waals surface area contributed by atoms with E-state index in [2.05, 4.69) is 5.32 Å². The molecule has 2 amide bonds. The van der Waals surface area contributed by atoms with Crippen LogP contribution >= 0.6 is 0 Å². The van der Waals surface area contributed by atoms with E-state index >= 15 is 0 Å². The van der Waals surface area contributed by atoms with Gasteiger partial charge in [-0.3, -0.25) is 9.59 Å². The first-order chi connectivity index (χ1) is 9.96. The molecule has 0 radical (unpaired) electrons. The minimum absolute atomic E-state index is 0.133. The molecular formula is C16H22N2O3. The highest BCUT2D eigenvalue weighted by molar-refractivity contribution is 5.94. The van der Waals surface area contributed by atoms with E-state index in [4.69, 9.17) is 0 Å². The van der Waals surface area contributed by atoms with Gasteiger partial charge < -0.3 is 15.3 Å². The van der Waals surface area contributed by atoms with Crippen LogP contribution in [0.25, 0.3) is 0 Å². The number of carbonyl (C=O) groups excluding carboxylic acids is 2. The molecule has 2 N–H and O–H groups in total. The van der Waals surface area contributed by atoms with E-state index in [0.717, 1.165) is 18.4 Å². The van der Waals surface area contributed by atoms with Gasteiger partial charge in [-0.05, 0) is 43.4 Å². The largest absolute Gasteiger partial charge is 0.380 e. The molecule has 114 valence electrons. The lowest BCUT2D eigenvalue weighted by atomic mass is 10.0. The fraction of sp³-hybridized carbons (Fsp3) is 0.500. The maximum Gasteiger partial charge on any atom is 0.254 e. The Hall–Kier alpha value is -1.88. The number of hydrogen-bond acceptors (Lipinski definition) is 3. The van der Waals surface area contributed by atoms with Crippen LogP contribution in [0, 0.1) is 0 Å². The summed E-state index contributed by atoms with van der Waals surface area (Å²) in [6.07, 6.45) is 2.89. The number of benzene rings is 1. The van der Waals surface area contributed by atoms with E-state index in [9.17, 15) is 14.7 Å². The second kappa shape index (κ2) is 6.26. The fourth-order valence-electron chi connectivity index (χ4n) is 2.78. The standard InChI is InChI=1S/C16H22N2O3/c1-17-14(19)13-7-5-12(6-8-13)11-18(2)15(20)16(21)9-3-4-10-16/h5-8,21H,3-4,9-11H2,1-2H3,(H,17,19). The third kappa shape index (κ3) is 3.42. The van der Waals surface area contributed by atoms with Crippen molar-refractivity contribution in [3.8, 4) is 0 Å². The van der Waals surface area contributed by atoms with Crippen LogP contribution in [0.15, 0.2) is 24.3 Å². The lowest BCUT2D eigenvalue weighted by Crippen LogP contribution is -2.45. The zero-order valence-corrected chi connectivity index (χ0v) is 12.6. The molecule has 2 rings (SSSR count). The summed E-state index contributed by atoms with van der Waals surface area (Å²) in [5, 5.41) is 12.9. The van der Waals surface area contributed by atoms with Crippen LogP contribution in [0.1, 0.15) is 41.6 Å². The lowest BCUT2D eigenvalue weighted by Gasteiger charge is -2.27. The maximum atomic E-state index is 12.3. The first-order valence-electron chi connectivity index (χ1n) is 7.25. The van der Waals surface area contributed by atoms with E-state index in [1.807, 2.05) is 12.1 Å². The van der Waals surface area contributed by atoms with Crippen LogP contribution in [0.2, 0.25) is 0 Å². The molecule has 5 heteroatoms. The smallest absolute Gasteiger partial charge is 0.254 e. The van der Waals surface area contributed by atoms with Crippen molar-refractivity contribution in [3.63, 3.8) is 0 Å². The molecule has 0 aromatic heterocycles. The molecule has 0 atom stereocenters. The summed E-state index contributed by atoms with van der Waals surface area (Å²) in [6, 6.07) is 7.12. The van der Waals surface area contributed by atoms with E-state index in [-0.39, 0.29) is 11.8 Å². The van der Waals surface area contributed by atoms with Crippen LogP contribution < -0.4 is 5.32 Å². The topological polar surface area (TPSA) is 69.6 Å². The minimum Gasteiger partial charge on any atom is -0.380 e. The summed E-state index contributed by atoms with van der Waals surface area (Å²) < 4.78 is 0. The number of nitrogens with zero attached hydrogens (tertiary/aromatic N) is 1. The van der Waals surface area contributed by atoms with Gasteiger partial charge in [-0.25, -0.2) is 0 Å². The van der Waals surface area contributed by atoms with Gasteiger partial charge in [0.2, 0.25) is 0 Å². The monoisotopic (exact) mass is 290 g/mol. The molecule has 0 unspecified atom stereocenters. The summed E-state index contributed by atoms with van der Waals surface area (Å²) in [4.78, 5) is 25.3. The van der Waals surface area contributed by atoms with Gasteiger partial charge in [0, 0.05) is 26.2 Å². The minimum atomic E-state index is -1.18. The highest BCUT2D eigenvalue weighted by Crippen LogP contribution is 2.31. The Balaban J connectivity index is 2.00. The third-order valence-electron chi connectivity index (χ3n) is 4.04. The van der Waals surface area contributed by atoms with Crippen LogP contribution in [-0.4, -0.2) is 41.5 Å². The van der Waals surface area contributed by atoms with Crippen molar-refractivity contribution < 1.29 is 14.7 Å². The van der Waals surface area contributed by atoms with Crippen molar-refractivity contribution in [2.75, 3.05) is 14.1 Å². The van der Waals surface area contributed by atoms with Crippen molar-refractivity contribution in [2.24, 2.45) is 0 Å². The quantitative estimate of drug-likeness (QED) is 0.878. The van der Waals surface area contributed by atoms with Crippen LogP contribution in [0.5, 0.6) is 0 Å². The van der Waals surface area contributed by atoms with Crippen LogP contribution in [0.4, 0.5) is 0 Å². The first kappa shape index (κ1) is 15.5. The molecule has 0 aliphatic heterocycles. The molecular weight excluding hydrogens is 268 g/mol. The number of carbonyl (C=O) groups is 2. The Bertz CT molecular complexity index is 519. The number of nitrogens with one attached hydrogen (secondary N) is 1. The molecule has 1 aromatic carbocycles. The number of aliphatic hydroxyl groups is 1. The molecule has 1 aliphatic rings. The van der Waals surface area contributed by atoms with E-state index in [1.165, 1.54) is 0 Å². The molecule has 1 aliphatic carbocycles. The summed E-state index contributed by atoms with van der Waals surface area (Å²) in [5.74, 6) is -0.346. The van der Waals surface area contributed by atoms with Crippen molar-refractivity contribution >= 4 is 11.8 Å². The Labute approximate surface area is 125 Å². The van der Waals surface area contributed by atoms with Gasteiger partial charge in [-0.15, -0.1) is 0 Å². The van der Waals surface area contributed by atoms with Gasteiger partial charge in [0.1, 0.15) is 5.60 Å². The SMILES string of the molecule is CNC(=O)c1ccc(CN(C)C(=O)C2(O)CCCC2)cc1. The zero-order chi connectivity index (χ0) is 15.5. The Morgan fingerprint density at radius 1 is 1.24 bits per heavy atom. The number of rotatable bonds is 4. The van der Waals surface area contributed by atoms with E-state index in [1.54, 1.807) is 31.1 Å². The number of amides is 2.